The molecule has 0 aliphatic carbocycles. The van der Waals surface area contributed by atoms with Gasteiger partial charge in [-0.15, -0.1) is 0 Å². The molecule has 174 valence electrons. The molecule has 0 saturated carbocycles. The van der Waals surface area contributed by atoms with Crippen molar-refractivity contribution >= 4 is 22.6 Å². The van der Waals surface area contributed by atoms with Crippen molar-refractivity contribution in [2.75, 3.05) is 26.7 Å². The number of halogens is 1. The summed E-state index contributed by atoms with van der Waals surface area (Å²) >= 11 is 6.70. The molecule has 0 unspecified atom stereocenters. The Labute approximate surface area is 203 Å². The smallest absolute Gasteiger partial charge is 0.260 e. The highest BCUT2D eigenvalue weighted by Gasteiger charge is 2.24. The van der Waals surface area contributed by atoms with E-state index >= 15 is 0 Å². The van der Waals surface area contributed by atoms with Crippen LogP contribution in [0.3, 0.4) is 0 Å². The standard InChI is InChI=1S/C26H26ClN5O2/c1-16-5-4-6-24(29-16)18-7-8-21(23(27)12-18)22-11-19-13-28-17(2)30-25(19)32(26(22)33)9-10-34-20-14-31(3)15-20/h4-8,11-13,20H,9-10,14-15H2,1-3H3. The Bertz CT molecular complexity index is 1430. The molecular weight excluding hydrogens is 450 g/mol. The SMILES string of the molecule is Cc1cccc(-c2ccc(-c3cc4cnc(C)nc4n(CCOC4CN(C)C4)c3=O)c(Cl)c2)n1. The van der Waals surface area contributed by atoms with Crippen molar-refractivity contribution in [2.24, 2.45) is 0 Å². The van der Waals surface area contributed by atoms with Crippen LogP contribution in [0.5, 0.6) is 0 Å². The third-order valence-corrected chi connectivity index (χ3v) is 6.40. The lowest BCUT2D eigenvalue weighted by molar-refractivity contribution is -0.0454. The Morgan fingerprint density at radius 3 is 2.65 bits per heavy atom. The molecule has 4 aromatic rings. The molecule has 4 heterocycles. The van der Waals surface area contributed by atoms with E-state index in [0.717, 1.165) is 35.4 Å². The van der Waals surface area contributed by atoms with Crippen molar-refractivity contribution in [3.05, 3.63) is 75.6 Å². The summed E-state index contributed by atoms with van der Waals surface area (Å²) in [5.74, 6) is 0.614. The number of rotatable bonds is 6. The van der Waals surface area contributed by atoms with Crippen LogP contribution in [0.15, 0.2) is 53.5 Å². The second kappa shape index (κ2) is 9.25. The Kier molecular flexibility index (Phi) is 6.16. The third-order valence-electron chi connectivity index (χ3n) is 6.09. The fourth-order valence-corrected chi connectivity index (χ4v) is 4.58. The zero-order valence-corrected chi connectivity index (χ0v) is 20.2. The third kappa shape index (κ3) is 4.46. The number of benzene rings is 1. The van der Waals surface area contributed by atoms with E-state index in [1.807, 2.05) is 56.3 Å². The molecule has 0 N–H and O–H groups in total. The van der Waals surface area contributed by atoms with Gasteiger partial charge in [0.15, 0.2) is 0 Å². The summed E-state index contributed by atoms with van der Waals surface area (Å²) in [6, 6.07) is 13.4. The number of nitrogens with zero attached hydrogens (tertiary/aromatic N) is 5. The number of hydrogen-bond donors (Lipinski definition) is 0. The van der Waals surface area contributed by atoms with E-state index in [2.05, 4.69) is 26.9 Å². The van der Waals surface area contributed by atoms with Crippen LogP contribution in [0.4, 0.5) is 0 Å². The Morgan fingerprint density at radius 1 is 1.09 bits per heavy atom. The lowest BCUT2D eigenvalue weighted by Crippen LogP contribution is -2.50. The highest BCUT2D eigenvalue weighted by molar-refractivity contribution is 6.33. The Hall–Kier alpha value is -3.13. The normalized spacial score (nSPS) is 14.5. The fourth-order valence-electron chi connectivity index (χ4n) is 4.30. The van der Waals surface area contributed by atoms with E-state index in [1.54, 1.807) is 10.8 Å². The van der Waals surface area contributed by atoms with Crippen molar-refractivity contribution in [3.8, 4) is 22.4 Å². The molecule has 5 rings (SSSR count). The molecule has 7 nitrogen and oxygen atoms in total. The molecule has 1 saturated heterocycles. The number of fused-ring (bicyclic) bond motifs is 1. The zero-order chi connectivity index (χ0) is 23.8. The second-order valence-corrected chi connectivity index (χ2v) is 9.19. The van der Waals surface area contributed by atoms with Gasteiger partial charge in [0, 0.05) is 52.1 Å². The summed E-state index contributed by atoms with van der Waals surface area (Å²) in [5.41, 5.74) is 4.30. The van der Waals surface area contributed by atoms with Gasteiger partial charge in [0.1, 0.15) is 11.5 Å². The number of aryl methyl sites for hydroxylation is 2. The van der Waals surface area contributed by atoms with E-state index in [0.29, 0.717) is 40.8 Å². The number of hydrogen-bond acceptors (Lipinski definition) is 6. The van der Waals surface area contributed by atoms with Crippen molar-refractivity contribution in [1.82, 2.24) is 24.4 Å². The van der Waals surface area contributed by atoms with Crippen molar-refractivity contribution in [3.63, 3.8) is 0 Å². The largest absolute Gasteiger partial charge is 0.374 e. The van der Waals surface area contributed by atoms with E-state index in [-0.39, 0.29) is 11.7 Å². The maximum absolute atomic E-state index is 13.6. The maximum Gasteiger partial charge on any atom is 0.260 e. The lowest BCUT2D eigenvalue weighted by Gasteiger charge is -2.35. The Morgan fingerprint density at radius 2 is 1.91 bits per heavy atom. The monoisotopic (exact) mass is 475 g/mol. The number of aromatic nitrogens is 4. The van der Waals surface area contributed by atoms with E-state index in [9.17, 15) is 4.79 Å². The predicted octanol–water partition coefficient (Wildman–Crippen LogP) is 4.12. The van der Waals surface area contributed by atoms with Gasteiger partial charge in [0.05, 0.1) is 24.9 Å². The minimum Gasteiger partial charge on any atom is -0.374 e. The molecule has 0 spiro atoms. The van der Waals surface area contributed by atoms with Crippen molar-refractivity contribution < 1.29 is 4.74 Å². The molecule has 3 aromatic heterocycles. The van der Waals surface area contributed by atoms with Gasteiger partial charge in [-0.1, -0.05) is 29.8 Å². The van der Waals surface area contributed by atoms with E-state index in [1.165, 1.54) is 0 Å². The first-order valence-electron chi connectivity index (χ1n) is 11.3. The number of pyridine rings is 2. The summed E-state index contributed by atoms with van der Waals surface area (Å²) < 4.78 is 7.63. The van der Waals surface area contributed by atoms with Gasteiger partial charge < -0.3 is 9.64 Å². The van der Waals surface area contributed by atoms with E-state index < -0.39 is 0 Å². The minimum atomic E-state index is -0.150. The van der Waals surface area contributed by atoms with Gasteiger partial charge in [0.25, 0.3) is 5.56 Å². The second-order valence-electron chi connectivity index (χ2n) is 8.78. The average molecular weight is 476 g/mol. The van der Waals surface area contributed by atoms with Crippen LogP contribution in [0.25, 0.3) is 33.4 Å². The molecule has 0 amide bonds. The van der Waals surface area contributed by atoms with Crippen molar-refractivity contribution in [2.45, 2.75) is 26.5 Å². The first-order chi connectivity index (χ1) is 16.4. The van der Waals surface area contributed by atoms with Gasteiger partial charge in [-0.2, -0.15) is 0 Å². The van der Waals surface area contributed by atoms with Crippen LogP contribution >= 0.6 is 11.6 Å². The highest BCUT2D eigenvalue weighted by Crippen LogP contribution is 2.31. The molecule has 1 fully saturated rings. The lowest BCUT2D eigenvalue weighted by atomic mass is 10.0. The quantitative estimate of drug-likeness (QED) is 0.417. The van der Waals surface area contributed by atoms with Gasteiger partial charge >= 0.3 is 0 Å². The van der Waals surface area contributed by atoms with Gasteiger partial charge in [-0.25, -0.2) is 9.97 Å². The first kappa shape index (κ1) is 22.7. The summed E-state index contributed by atoms with van der Waals surface area (Å²) in [6.45, 7) is 6.43. The number of ether oxygens (including phenoxy) is 1. The topological polar surface area (TPSA) is 73.1 Å². The van der Waals surface area contributed by atoms with Crippen LogP contribution in [-0.4, -0.2) is 57.3 Å². The minimum absolute atomic E-state index is 0.150. The summed E-state index contributed by atoms with van der Waals surface area (Å²) in [4.78, 5) is 29.3. The van der Waals surface area contributed by atoms with Gasteiger partial charge in [0.2, 0.25) is 0 Å². The molecule has 1 aliphatic rings. The summed E-state index contributed by atoms with van der Waals surface area (Å²) in [6.07, 6.45) is 1.96. The molecule has 0 atom stereocenters. The molecule has 0 radical (unpaired) electrons. The molecule has 8 heteroatoms. The molecule has 1 aromatic carbocycles. The van der Waals surface area contributed by atoms with Crippen LogP contribution in [-0.2, 0) is 11.3 Å². The van der Waals surface area contributed by atoms with Gasteiger partial charge in [-0.3, -0.25) is 14.3 Å². The Balaban J connectivity index is 1.53. The van der Waals surface area contributed by atoms with Gasteiger partial charge in [-0.05, 0) is 45.2 Å². The molecule has 34 heavy (non-hydrogen) atoms. The number of likely N-dealkylation sites (tertiary alicyclic amines) is 1. The van der Waals surface area contributed by atoms with Crippen LogP contribution < -0.4 is 5.56 Å². The number of likely N-dealkylation sites (N-methyl/N-ethyl adjacent to an activating group) is 1. The molecular formula is C26H26ClN5O2. The van der Waals surface area contributed by atoms with Crippen LogP contribution in [0, 0.1) is 13.8 Å². The average Bonchev–Trinajstić information content (AvgIpc) is 2.79. The predicted molar refractivity (Wildman–Crippen MR) is 134 cm³/mol. The zero-order valence-electron chi connectivity index (χ0n) is 19.5. The molecule has 0 bridgehead atoms. The first-order valence-corrected chi connectivity index (χ1v) is 11.7. The molecule has 1 aliphatic heterocycles. The fraction of sp³-hybridized carbons (Fsp3) is 0.308. The maximum atomic E-state index is 13.6. The van der Waals surface area contributed by atoms with Crippen LogP contribution in [0.1, 0.15) is 11.5 Å². The highest BCUT2D eigenvalue weighted by atomic mass is 35.5. The summed E-state index contributed by atoms with van der Waals surface area (Å²) in [7, 11) is 2.06. The van der Waals surface area contributed by atoms with E-state index in [4.69, 9.17) is 16.3 Å². The summed E-state index contributed by atoms with van der Waals surface area (Å²) in [5, 5.41) is 1.27. The van der Waals surface area contributed by atoms with Crippen molar-refractivity contribution in [1.29, 1.82) is 0 Å². The van der Waals surface area contributed by atoms with Crippen LogP contribution in [0.2, 0.25) is 5.02 Å².